The molecule has 3 heterocycles. The lowest BCUT2D eigenvalue weighted by Crippen LogP contribution is -2.12. The second-order valence-electron chi connectivity index (χ2n) is 6.96. The van der Waals surface area contributed by atoms with Crippen molar-refractivity contribution in [3.8, 4) is 0 Å². The number of amides is 1. The van der Waals surface area contributed by atoms with Crippen LogP contribution in [0, 0.1) is 13.8 Å². The third-order valence-electron chi connectivity index (χ3n) is 4.75. The van der Waals surface area contributed by atoms with Crippen LogP contribution in [0.5, 0.6) is 0 Å². The first-order valence-electron chi connectivity index (χ1n) is 9.37. The lowest BCUT2D eigenvalue weighted by molar-refractivity contribution is 0.0994. The lowest BCUT2D eigenvalue weighted by Gasteiger charge is -2.07. The van der Waals surface area contributed by atoms with Gasteiger partial charge in [-0.2, -0.15) is 10.2 Å². The Morgan fingerprint density at radius 3 is 2.45 bits per heavy atom. The maximum Gasteiger partial charge on any atom is 0.292 e. The van der Waals surface area contributed by atoms with E-state index in [0.29, 0.717) is 39.7 Å². The number of nitrogens with one attached hydrogen (secondary N) is 1. The second kappa shape index (κ2) is 8.78. The molecule has 4 rings (SSSR count). The Balaban J connectivity index is 1.42. The molecule has 0 atom stereocenters. The summed E-state index contributed by atoms with van der Waals surface area (Å²) in [6.07, 6.45) is 1.73. The maximum absolute atomic E-state index is 12.5. The number of nitrogens with zero attached hydrogens (tertiary/aromatic N) is 4. The highest BCUT2D eigenvalue weighted by Gasteiger charge is 2.16. The van der Waals surface area contributed by atoms with Gasteiger partial charge in [0.2, 0.25) is 0 Å². The van der Waals surface area contributed by atoms with Crippen molar-refractivity contribution in [2.24, 2.45) is 0 Å². The maximum atomic E-state index is 12.5. The van der Waals surface area contributed by atoms with Gasteiger partial charge in [0.1, 0.15) is 5.76 Å². The molecule has 10 heteroatoms. The molecule has 0 spiro atoms. The van der Waals surface area contributed by atoms with Crippen LogP contribution in [-0.4, -0.2) is 25.5 Å². The monoisotopic (exact) mass is 477 g/mol. The average molecular weight is 479 g/mol. The predicted molar refractivity (Wildman–Crippen MR) is 120 cm³/mol. The Morgan fingerprint density at radius 2 is 1.77 bits per heavy atom. The number of rotatable bonds is 6. The largest absolute Gasteiger partial charge is 0.454 e. The normalized spacial score (nSPS) is 11.1. The van der Waals surface area contributed by atoms with Crippen molar-refractivity contribution < 1.29 is 9.21 Å². The SMILES string of the molecule is Cc1nn(Cc2ccc(C(=O)Nc3ccn(Cc4c(Cl)cccc4Cl)n3)o2)c(C)c1Cl. The second-order valence-corrected chi connectivity index (χ2v) is 8.15. The van der Waals surface area contributed by atoms with Crippen LogP contribution in [0.4, 0.5) is 5.82 Å². The summed E-state index contributed by atoms with van der Waals surface area (Å²) in [6.45, 7) is 4.47. The fraction of sp³-hybridized carbons (Fsp3) is 0.190. The van der Waals surface area contributed by atoms with Gasteiger partial charge < -0.3 is 9.73 Å². The molecule has 1 aromatic carbocycles. The number of hydrogen-bond acceptors (Lipinski definition) is 4. The van der Waals surface area contributed by atoms with Gasteiger partial charge in [-0.05, 0) is 38.1 Å². The first kappa shape index (κ1) is 21.5. The van der Waals surface area contributed by atoms with E-state index in [1.54, 1.807) is 52.0 Å². The van der Waals surface area contributed by atoms with Crippen LogP contribution < -0.4 is 5.32 Å². The van der Waals surface area contributed by atoms with E-state index in [0.717, 1.165) is 17.0 Å². The first-order chi connectivity index (χ1) is 14.8. The number of carbonyl (C=O) groups is 1. The summed E-state index contributed by atoms with van der Waals surface area (Å²) in [5.41, 5.74) is 2.34. The van der Waals surface area contributed by atoms with E-state index < -0.39 is 5.91 Å². The Bertz CT molecular complexity index is 1240. The van der Waals surface area contributed by atoms with Crippen LogP contribution in [-0.2, 0) is 13.1 Å². The molecular weight excluding hydrogens is 461 g/mol. The van der Waals surface area contributed by atoms with E-state index in [4.69, 9.17) is 39.2 Å². The molecule has 160 valence electrons. The van der Waals surface area contributed by atoms with Crippen molar-refractivity contribution in [3.63, 3.8) is 0 Å². The van der Waals surface area contributed by atoms with Crippen LogP contribution in [0.2, 0.25) is 15.1 Å². The standard InChI is InChI=1S/C21H18Cl3N5O2/c1-12-20(24)13(2)29(26-12)10-14-6-7-18(31-14)21(30)25-19-8-9-28(27-19)11-15-16(22)4-3-5-17(15)23/h3-9H,10-11H2,1-2H3,(H,25,27,30). The van der Waals surface area contributed by atoms with Gasteiger partial charge in [0.25, 0.3) is 5.91 Å². The quantitative estimate of drug-likeness (QED) is 0.391. The topological polar surface area (TPSA) is 77.9 Å². The van der Waals surface area contributed by atoms with Gasteiger partial charge in [-0.3, -0.25) is 14.2 Å². The summed E-state index contributed by atoms with van der Waals surface area (Å²) in [6, 6.07) is 10.3. The van der Waals surface area contributed by atoms with Crippen molar-refractivity contribution in [3.05, 3.63) is 86.1 Å². The molecular formula is C21H18Cl3N5O2. The van der Waals surface area contributed by atoms with Gasteiger partial charge in [-0.15, -0.1) is 0 Å². The highest BCUT2D eigenvalue weighted by atomic mass is 35.5. The van der Waals surface area contributed by atoms with Gasteiger partial charge in [0, 0.05) is 27.9 Å². The molecule has 0 saturated carbocycles. The number of carbonyl (C=O) groups excluding carboxylic acids is 1. The minimum atomic E-state index is -0.404. The summed E-state index contributed by atoms with van der Waals surface area (Å²) in [5.74, 6) is 0.743. The van der Waals surface area contributed by atoms with Crippen LogP contribution in [0.15, 0.2) is 47.0 Å². The summed E-state index contributed by atoms with van der Waals surface area (Å²) >= 11 is 18.6. The Hall–Kier alpha value is -2.74. The predicted octanol–water partition coefficient (Wildman–Crippen LogP) is 5.60. The van der Waals surface area contributed by atoms with E-state index >= 15 is 0 Å². The zero-order valence-corrected chi connectivity index (χ0v) is 19.0. The van der Waals surface area contributed by atoms with Crippen LogP contribution in [0.1, 0.15) is 33.3 Å². The third kappa shape index (κ3) is 4.63. The van der Waals surface area contributed by atoms with Crippen LogP contribution in [0.25, 0.3) is 0 Å². The fourth-order valence-electron chi connectivity index (χ4n) is 3.10. The van der Waals surface area contributed by atoms with E-state index in [1.165, 1.54) is 0 Å². The molecule has 7 nitrogen and oxygen atoms in total. The fourth-order valence-corrected chi connectivity index (χ4v) is 3.75. The highest BCUT2D eigenvalue weighted by Crippen LogP contribution is 2.25. The van der Waals surface area contributed by atoms with E-state index in [-0.39, 0.29) is 5.76 Å². The molecule has 3 aromatic heterocycles. The molecule has 1 amide bonds. The van der Waals surface area contributed by atoms with Crippen molar-refractivity contribution >= 4 is 46.5 Å². The third-order valence-corrected chi connectivity index (χ3v) is 6.00. The Morgan fingerprint density at radius 1 is 1.03 bits per heavy atom. The van der Waals surface area contributed by atoms with Gasteiger partial charge in [0.15, 0.2) is 11.6 Å². The molecule has 0 aliphatic rings. The average Bonchev–Trinajstić information content (AvgIpc) is 3.43. The van der Waals surface area contributed by atoms with E-state index in [1.807, 2.05) is 13.8 Å². The number of halogens is 3. The smallest absolute Gasteiger partial charge is 0.292 e. The molecule has 0 aliphatic heterocycles. The van der Waals surface area contributed by atoms with Crippen molar-refractivity contribution in [1.82, 2.24) is 19.6 Å². The van der Waals surface area contributed by atoms with Gasteiger partial charge in [-0.1, -0.05) is 40.9 Å². The molecule has 0 unspecified atom stereocenters. The van der Waals surface area contributed by atoms with Crippen molar-refractivity contribution in [1.29, 1.82) is 0 Å². The number of anilines is 1. The minimum absolute atomic E-state index is 0.173. The number of furan rings is 1. The van der Waals surface area contributed by atoms with Crippen LogP contribution >= 0.6 is 34.8 Å². The molecule has 1 N–H and O–H groups in total. The molecule has 0 bridgehead atoms. The number of aromatic nitrogens is 4. The molecule has 0 aliphatic carbocycles. The molecule has 0 fully saturated rings. The molecule has 4 aromatic rings. The van der Waals surface area contributed by atoms with Crippen LogP contribution in [0.3, 0.4) is 0 Å². The highest BCUT2D eigenvalue weighted by molar-refractivity contribution is 6.36. The van der Waals surface area contributed by atoms with Crippen molar-refractivity contribution in [2.45, 2.75) is 26.9 Å². The summed E-state index contributed by atoms with van der Waals surface area (Å²) < 4.78 is 9.05. The minimum Gasteiger partial charge on any atom is -0.454 e. The van der Waals surface area contributed by atoms with Gasteiger partial charge >= 0.3 is 0 Å². The summed E-state index contributed by atoms with van der Waals surface area (Å²) in [4.78, 5) is 12.5. The van der Waals surface area contributed by atoms with Gasteiger partial charge in [-0.25, -0.2) is 0 Å². The molecule has 0 saturated heterocycles. The number of benzene rings is 1. The summed E-state index contributed by atoms with van der Waals surface area (Å²) in [5, 5.41) is 13.2. The zero-order chi connectivity index (χ0) is 22.1. The number of aryl methyl sites for hydroxylation is 1. The van der Waals surface area contributed by atoms with E-state index in [2.05, 4.69) is 15.5 Å². The Kier molecular flexibility index (Phi) is 6.09. The Labute approximate surface area is 193 Å². The zero-order valence-electron chi connectivity index (χ0n) is 16.7. The van der Waals surface area contributed by atoms with E-state index in [9.17, 15) is 4.79 Å². The summed E-state index contributed by atoms with van der Waals surface area (Å²) in [7, 11) is 0. The lowest BCUT2D eigenvalue weighted by atomic mass is 10.2. The first-order valence-corrected chi connectivity index (χ1v) is 10.5. The molecule has 31 heavy (non-hydrogen) atoms. The van der Waals surface area contributed by atoms with Gasteiger partial charge in [0.05, 0.1) is 29.5 Å². The molecule has 0 radical (unpaired) electrons. The van der Waals surface area contributed by atoms with Crippen molar-refractivity contribution in [2.75, 3.05) is 5.32 Å². The number of hydrogen-bond donors (Lipinski definition) is 1.